The van der Waals surface area contributed by atoms with Gasteiger partial charge in [0.25, 0.3) is 11.8 Å². The molecule has 0 spiro atoms. The first-order chi connectivity index (χ1) is 30.5. The average Bonchev–Trinajstić information content (AvgIpc) is 4.06. The Kier molecular flexibility index (Phi) is 12.1. The van der Waals surface area contributed by atoms with Gasteiger partial charge in [0.2, 0.25) is 11.8 Å². The Bertz CT molecular complexity index is 2530. The molecule has 0 aliphatic carbocycles. The number of nitrogens with one attached hydrogen (secondary N) is 4. The number of amides is 6. The number of hydrogen-bond donors (Lipinski definition) is 6. The molecule has 15 heteroatoms. The Labute approximate surface area is 362 Å². The lowest BCUT2D eigenvalue weighted by atomic mass is 10.0. The first-order valence-corrected chi connectivity index (χ1v) is 20.9. The second-order valence-corrected chi connectivity index (χ2v) is 15.9. The number of rotatable bonds is 12. The van der Waals surface area contributed by atoms with Crippen LogP contribution in [0.3, 0.4) is 0 Å². The van der Waals surface area contributed by atoms with E-state index in [1.54, 1.807) is 72.8 Å². The second kappa shape index (κ2) is 18.1. The molecule has 8 rings (SSSR count). The van der Waals surface area contributed by atoms with Crippen molar-refractivity contribution in [2.75, 3.05) is 23.7 Å². The molecular formula is C48H47N7O8. The van der Waals surface area contributed by atoms with Crippen LogP contribution in [0.15, 0.2) is 127 Å². The number of likely N-dealkylation sites (tertiary alicyclic amines) is 2. The molecule has 322 valence electrons. The van der Waals surface area contributed by atoms with Crippen molar-refractivity contribution in [1.29, 1.82) is 0 Å². The zero-order valence-corrected chi connectivity index (χ0v) is 34.4. The molecule has 2 fully saturated rings. The quantitative estimate of drug-likeness (QED) is 0.0737. The molecule has 0 radical (unpaired) electrons. The van der Waals surface area contributed by atoms with Crippen LogP contribution in [0, 0.1) is 0 Å². The van der Waals surface area contributed by atoms with E-state index in [1.165, 1.54) is 9.80 Å². The maximum Gasteiger partial charge on any atom is 0.405 e. The van der Waals surface area contributed by atoms with Crippen molar-refractivity contribution >= 4 is 69.0 Å². The van der Waals surface area contributed by atoms with E-state index in [1.807, 2.05) is 54.6 Å². The van der Waals surface area contributed by atoms with Crippen molar-refractivity contribution in [1.82, 2.24) is 25.0 Å². The zero-order valence-electron chi connectivity index (χ0n) is 34.4. The molecule has 3 unspecified atom stereocenters. The summed E-state index contributed by atoms with van der Waals surface area (Å²) in [6.45, 7) is 2.67. The third kappa shape index (κ3) is 8.76. The van der Waals surface area contributed by atoms with E-state index in [0.29, 0.717) is 61.3 Å². The molecule has 5 atom stereocenters. The lowest BCUT2D eigenvalue weighted by Gasteiger charge is -2.28. The molecule has 63 heavy (non-hydrogen) atoms. The fourth-order valence-electron chi connectivity index (χ4n) is 9.00. The molecule has 6 N–H and O–H groups in total. The number of hydrogen-bond acceptors (Lipinski definition) is 6. The molecule has 2 aliphatic rings. The summed E-state index contributed by atoms with van der Waals surface area (Å²) in [5, 5.41) is 31.7. The summed E-state index contributed by atoms with van der Waals surface area (Å²) < 4.78 is 2.15. The number of anilines is 2. The number of benzene rings is 5. The number of carbonyl (C=O) groups is 6. The number of aromatic nitrogens is 1. The first-order valence-electron chi connectivity index (χ1n) is 20.9. The monoisotopic (exact) mass is 849 g/mol. The molecule has 6 aromatic rings. The van der Waals surface area contributed by atoms with Gasteiger partial charge >= 0.3 is 12.2 Å². The van der Waals surface area contributed by atoms with E-state index >= 15 is 0 Å². The zero-order chi connectivity index (χ0) is 44.2. The van der Waals surface area contributed by atoms with Crippen molar-refractivity contribution in [3.8, 4) is 0 Å². The molecule has 0 bridgehead atoms. The predicted molar refractivity (Wildman–Crippen MR) is 237 cm³/mol. The van der Waals surface area contributed by atoms with Gasteiger partial charge in [0.1, 0.15) is 24.2 Å². The molecule has 1 aromatic heterocycles. The number of nitrogens with zero attached hydrogens (tertiary/aromatic N) is 3. The minimum Gasteiger partial charge on any atom is -0.465 e. The standard InChI is InChI=1S/C48H47N7O8/c1-29(30-13-5-2-6-14-30)55-39-27-33(49-43(56)37-19-11-25-53(37)45(58)41(51-47(60)61)31-15-7-3-8-16-31)21-23-35(39)36-24-22-34(28-40(36)55)50-44(57)38-20-12-26-54(38)46(59)42(52-48(62)63)32-17-9-4-10-18-32/h2-10,13-18,21-24,27-29,37-38,41-42,51-52H,11-12,19-20,25-26H2,1H3,(H,49,56)(H,50,57)(H,60,61)(H,62,63)/t29?,37-,38-,41?,42?/m0/s1. The molecule has 2 saturated heterocycles. The van der Waals surface area contributed by atoms with Gasteiger partial charge in [-0.15, -0.1) is 0 Å². The Morgan fingerprint density at radius 1 is 0.540 bits per heavy atom. The van der Waals surface area contributed by atoms with E-state index in [9.17, 15) is 39.0 Å². The fourth-order valence-corrected chi connectivity index (χ4v) is 9.00. The SMILES string of the molecule is CC(c1ccccc1)n1c2cc(NC(=O)[C@@H]3CCCN3C(=O)C(NC(=O)O)c3ccccc3)ccc2c2ccc(NC(=O)[C@@H]3CCCN3C(=O)C(NC(=O)O)c3ccccc3)cc21. The maximum absolute atomic E-state index is 14.0. The van der Waals surface area contributed by atoms with Crippen LogP contribution in [0.2, 0.25) is 0 Å². The summed E-state index contributed by atoms with van der Waals surface area (Å²) in [4.78, 5) is 82.1. The highest BCUT2D eigenvalue weighted by Gasteiger charge is 2.40. The summed E-state index contributed by atoms with van der Waals surface area (Å²) in [7, 11) is 0. The van der Waals surface area contributed by atoms with Gasteiger partial charge in [-0.3, -0.25) is 19.2 Å². The molecule has 2 aliphatic heterocycles. The van der Waals surface area contributed by atoms with Crippen molar-refractivity contribution in [3.63, 3.8) is 0 Å². The van der Waals surface area contributed by atoms with Crippen molar-refractivity contribution in [3.05, 3.63) is 144 Å². The van der Waals surface area contributed by atoms with Crippen LogP contribution in [0.5, 0.6) is 0 Å². The molecule has 6 amide bonds. The highest BCUT2D eigenvalue weighted by Crippen LogP contribution is 2.37. The fraction of sp³-hybridized carbons (Fsp3) is 0.250. The van der Waals surface area contributed by atoms with E-state index in [0.717, 1.165) is 27.4 Å². The summed E-state index contributed by atoms with van der Waals surface area (Å²) in [5.41, 5.74) is 4.59. The van der Waals surface area contributed by atoms with Crippen LogP contribution in [0.25, 0.3) is 21.8 Å². The number of fused-ring (bicyclic) bond motifs is 3. The summed E-state index contributed by atoms with van der Waals surface area (Å²) in [6, 6.07) is 34.1. The minimum absolute atomic E-state index is 0.206. The van der Waals surface area contributed by atoms with Crippen molar-refractivity contribution in [2.45, 2.75) is 62.8 Å². The molecule has 15 nitrogen and oxygen atoms in total. The van der Waals surface area contributed by atoms with Gasteiger partial charge in [0.15, 0.2) is 0 Å². The summed E-state index contributed by atoms with van der Waals surface area (Å²) in [5.74, 6) is -1.79. The van der Waals surface area contributed by atoms with E-state index in [2.05, 4.69) is 32.8 Å². The normalized spacial score (nSPS) is 17.5. The average molecular weight is 850 g/mol. The predicted octanol–water partition coefficient (Wildman–Crippen LogP) is 7.28. The maximum atomic E-state index is 14.0. The van der Waals surface area contributed by atoms with Gasteiger partial charge in [-0.2, -0.15) is 0 Å². The Hall–Kier alpha value is -7.68. The smallest absolute Gasteiger partial charge is 0.405 e. The van der Waals surface area contributed by atoms with Crippen LogP contribution in [-0.2, 0) is 19.2 Å². The molecule has 3 heterocycles. The Morgan fingerprint density at radius 3 is 1.30 bits per heavy atom. The van der Waals surface area contributed by atoms with Crippen molar-refractivity contribution in [2.24, 2.45) is 0 Å². The molecular weight excluding hydrogens is 803 g/mol. The third-order valence-corrected chi connectivity index (χ3v) is 12.0. The van der Waals surface area contributed by atoms with Crippen LogP contribution in [0.1, 0.15) is 67.4 Å². The Balaban J connectivity index is 1.08. The molecule has 0 saturated carbocycles. The Morgan fingerprint density at radius 2 is 0.921 bits per heavy atom. The first kappa shape index (κ1) is 42.0. The number of carboxylic acid groups (broad SMARTS) is 2. The van der Waals surface area contributed by atoms with E-state index < -0.39 is 48.2 Å². The van der Waals surface area contributed by atoms with Gasteiger partial charge in [0, 0.05) is 35.2 Å². The van der Waals surface area contributed by atoms with Gasteiger partial charge in [-0.05, 0) is 73.6 Å². The summed E-state index contributed by atoms with van der Waals surface area (Å²) >= 11 is 0. The molecule has 5 aromatic carbocycles. The number of carbonyl (C=O) groups excluding carboxylic acids is 4. The summed E-state index contributed by atoms with van der Waals surface area (Å²) in [6.07, 6.45) is -0.731. The van der Waals surface area contributed by atoms with E-state index in [4.69, 9.17) is 0 Å². The highest BCUT2D eigenvalue weighted by atomic mass is 16.4. The minimum atomic E-state index is -1.35. The largest absolute Gasteiger partial charge is 0.465 e. The lowest BCUT2D eigenvalue weighted by molar-refractivity contribution is -0.138. The lowest BCUT2D eigenvalue weighted by Crippen LogP contribution is -2.48. The van der Waals surface area contributed by atoms with Gasteiger partial charge in [0.05, 0.1) is 17.1 Å². The van der Waals surface area contributed by atoms with Crippen LogP contribution in [-0.4, -0.2) is 85.6 Å². The van der Waals surface area contributed by atoms with Gasteiger partial charge in [-0.25, -0.2) is 9.59 Å². The van der Waals surface area contributed by atoms with Gasteiger partial charge < -0.3 is 45.8 Å². The van der Waals surface area contributed by atoms with Crippen LogP contribution in [0.4, 0.5) is 21.0 Å². The van der Waals surface area contributed by atoms with Crippen LogP contribution < -0.4 is 21.3 Å². The highest BCUT2D eigenvalue weighted by molar-refractivity contribution is 6.11. The second-order valence-electron chi connectivity index (χ2n) is 15.9. The van der Waals surface area contributed by atoms with Crippen LogP contribution >= 0.6 is 0 Å². The van der Waals surface area contributed by atoms with Gasteiger partial charge in [-0.1, -0.05) is 103 Å². The topological polar surface area (TPSA) is 202 Å². The third-order valence-electron chi connectivity index (χ3n) is 12.0. The van der Waals surface area contributed by atoms with E-state index in [-0.39, 0.29) is 17.9 Å². The van der Waals surface area contributed by atoms with Crippen molar-refractivity contribution < 1.29 is 39.0 Å².